The minimum absolute atomic E-state index is 0.0367. The number of methoxy groups -OCH3 is 2. The number of nitrogens with one attached hydrogen (secondary N) is 2. The Morgan fingerprint density at radius 1 is 1.15 bits per heavy atom. The van der Waals surface area contributed by atoms with Crippen LogP contribution in [0.5, 0.6) is 11.5 Å². The number of carbonyl (C=O) groups is 1. The summed E-state index contributed by atoms with van der Waals surface area (Å²) in [5.74, 6) is 0.923. The van der Waals surface area contributed by atoms with Crippen LogP contribution in [-0.4, -0.2) is 36.5 Å². The molecule has 0 radical (unpaired) electrons. The molecule has 3 aromatic rings. The van der Waals surface area contributed by atoms with Crippen LogP contribution in [0.25, 0.3) is 5.69 Å². The monoisotopic (exact) mass is 386 g/mol. The quantitative estimate of drug-likeness (QED) is 0.648. The summed E-state index contributed by atoms with van der Waals surface area (Å²) in [5.41, 5.74) is 2.01. The van der Waals surface area contributed by atoms with Crippen molar-refractivity contribution in [2.24, 2.45) is 0 Å². The van der Waals surface area contributed by atoms with Gasteiger partial charge in [-0.2, -0.15) is 5.10 Å². The molecule has 0 saturated carbocycles. The van der Waals surface area contributed by atoms with E-state index < -0.39 is 0 Å². The van der Waals surface area contributed by atoms with E-state index in [1.807, 2.05) is 18.3 Å². The number of benzene rings is 2. The van der Waals surface area contributed by atoms with Crippen molar-refractivity contribution in [3.05, 3.63) is 59.9 Å². The summed E-state index contributed by atoms with van der Waals surface area (Å²) in [4.78, 5) is 12.4. The van der Waals surface area contributed by atoms with Gasteiger partial charge in [0, 0.05) is 23.5 Å². The lowest BCUT2D eigenvalue weighted by atomic mass is 10.2. The van der Waals surface area contributed by atoms with E-state index in [0.29, 0.717) is 27.9 Å². The fraction of sp³-hybridized carbons (Fsp3) is 0.158. The second kappa shape index (κ2) is 8.46. The molecule has 0 unspecified atom stereocenters. The number of ether oxygens (including phenoxy) is 2. The van der Waals surface area contributed by atoms with E-state index in [4.69, 9.17) is 21.1 Å². The smallest absolute Gasteiger partial charge is 0.243 e. The van der Waals surface area contributed by atoms with E-state index >= 15 is 0 Å². The molecule has 8 heteroatoms. The van der Waals surface area contributed by atoms with Crippen LogP contribution in [0.1, 0.15) is 0 Å². The third-order valence-electron chi connectivity index (χ3n) is 3.83. The molecule has 0 aliphatic heterocycles. The maximum atomic E-state index is 12.4. The average molecular weight is 387 g/mol. The maximum Gasteiger partial charge on any atom is 0.243 e. The first-order valence-electron chi connectivity index (χ1n) is 8.16. The van der Waals surface area contributed by atoms with Crippen LogP contribution < -0.4 is 20.1 Å². The van der Waals surface area contributed by atoms with E-state index in [-0.39, 0.29) is 12.5 Å². The molecule has 0 fully saturated rings. The largest absolute Gasteiger partial charge is 0.497 e. The molecular formula is C19H19ClN4O3. The van der Waals surface area contributed by atoms with Crippen LogP contribution in [0.3, 0.4) is 0 Å². The molecule has 2 aromatic carbocycles. The Kier molecular flexibility index (Phi) is 5.83. The summed E-state index contributed by atoms with van der Waals surface area (Å²) in [6.45, 7) is 0.0367. The number of amides is 1. The van der Waals surface area contributed by atoms with Crippen molar-refractivity contribution >= 4 is 28.9 Å². The van der Waals surface area contributed by atoms with Crippen molar-refractivity contribution in [3.8, 4) is 17.2 Å². The molecule has 1 heterocycles. The molecule has 0 aliphatic carbocycles. The highest BCUT2D eigenvalue weighted by Gasteiger charge is 2.11. The van der Waals surface area contributed by atoms with Gasteiger partial charge in [-0.3, -0.25) is 4.79 Å². The predicted molar refractivity (Wildman–Crippen MR) is 105 cm³/mol. The summed E-state index contributed by atoms with van der Waals surface area (Å²) in [6.07, 6.45) is 3.50. The number of nitrogens with zero attached hydrogens (tertiary/aromatic N) is 2. The van der Waals surface area contributed by atoms with Crippen molar-refractivity contribution < 1.29 is 14.3 Å². The SMILES string of the molecule is COc1ccc(OC)c(NC(=O)CNc2cc(Cl)ccc2-n2cccn2)c1. The van der Waals surface area contributed by atoms with Crippen LogP contribution in [-0.2, 0) is 4.79 Å². The molecule has 0 atom stereocenters. The van der Waals surface area contributed by atoms with Gasteiger partial charge in [0.2, 0.25) is 5.91 Å². The van der Waals surface area contributed by atoms with Gasteiger partial charge in [-0.1, -0.05) is 11.6 Å². The minimum Gasteiger partial charge on any atom is -0.497 e. The Hall–Kier alpha value is -3.19. The first-order chi connectivity index (χ1) is 13.1. The van der Waals surface area contributed by atoms with Gasteiger partial charge in [0.05, 0.1) is 37.8 Å². The second-order valence-corrected chi connectivity index (χ2v) is 6.02. The molecule has 0 aliphatic rings. The zero-order valence-electron chi connectivity index (χ0n) is 14.9. The number of carbonyl (C=O) groups excluding carboxylic acids is 1. The highest BCUT2D eigenvalue weighted by molar-refractivity contribution is 6.31. The summed E-state index contributed by atoms with van der Waals surface area (Å²) in [7, 11) is 3.10. The van der Waals surface area contributed by atoms with Gasteiger partial charge in [-0.15, -0.1) is 0 Å². The van der Waals surface area contributed by atoms with E-state index in [9.17, 15) is 4.79 Å². The van der Waals surface area contributed by atoms with Crippen LogP contribution in [0.2, 0.25) is 5.02 Å². The first kappa shape index (κ1) is 18.6. The third-order valence-corrected chi connectivity index (χ3v) is 4.07. The number of halogens is 1. The molecule has 2 N–H and O–H groups in total. The van der Waals surface area contributed by atoms with Gasteiger partial charge in [0.1, 0.15) is 11.5 Å². The summed E-state index contributed by atoms with van der Waals surface area (Å²) < 4.78 is 12.2. The standard InChI is InChI=1S/C19H19ClN4O3/c1-26-14-5-7-18(27-2)16(11-14)23-19(25)12-21-15-10-13(20)4-6-17(15)24-9-3-8-22-24/h3-11,21H,12H2,1-2H3,(H,23,25). The van der Waals surface area contributed by atoms with E-state index in [0.717, 1.165) is 5.69 Å². The van der Waals surface area contributed by atoms with Crippen molar-refractivity contribution in [1.29, 1.82) is 0 Å². The second-order valence-electron chi connectivity index (χ2n) is 5.58. The molecule has 27 heavy (non-hydrogen) atoms. The highest BCUT2D eigenvalue weighted by atomic mass is 35.5. The van der Waals surface area contributed by atoms with Crippen molar-refractivity contribution in [2.45, 2.75) is 0 Å². The van der Waals surface area contributed by atoms with E-state index in [2.05, 4.69) is 15.7 Å². The molecule has 0 saturated heterocycles. The van der Waals surface area contributed by atoms with Crippen molar-refractivity contribution in [2.75, 3.05) is 31.4 Å². The number of rotatable bonds is 7. The Morgan fingerprint density at radius 2 is 2.00 bits per heavy atom. The Balaban J connectivity index is 1.73. The number of anilines is 2. The maximum absolute atomic E-state index is 12.4. The molecule has 0 spiro atoms. The first-order valence-corrected chi connectivity index (χ1v) is 8.54. The summed E-state index contributed by atoms with van der Waals surface area (Å²) in [6, 6.07) is 12.4. The molecular weight excluding hydrogens is 368 g/mol. The van der Waals surface area contributed by atoms with Gasteiger partial charge in [0.15, 0.2) is 0 Å². The van der Waals surface area contributed by atoms with Crippen molar-refractivity contribution in [1.82, 2.24) is 9.78 Å². The molecule has 140 valence electrons. The Morgan fingerprint density at radius 3 is 2.70 bits per heavy atom. The Bertz CT molecular complexity index is 929. The molecule has 1 aromatic heterocycles. The number of hydrogen-bond acceptors (Lipinski definition) is 5. The van der Waals surface area contributed by atoms with Crippen LogP contribution in [0.4, 0.5) is 11.4 Å². The minimum atomic E-state index is -0.243. The van der Waals surface area contributed by atoms with Gasteiger partial charge < -0.3 is 20.1 Å². The molecule has 3 rings (SSSR count). The molecule has 7 nitrogen and oxygen atoms in total. The topological polar surface area (TPSA) is 77.4 Å². The van der Waals surface area contributed by atoms with Gasteiger partial charge in [-0.25, -0.2) is 4.68 Å². The normalized spacial score (nSPS) is 10.3. The third kappa shape index (κ3) is 4.51. The van der Waals surface area contributed by atoms with Gasteiger partial charge >= 0.3 is 0 Å². The van der Waals surface area contributed by atoms with E-state index in [1.54, 1.807) is 48.3 Å². The fourth-order valence-electron chi connectivity index (χ4n) is 2.54. The number of hydrogen-bond donors (Lipinski definition) is 2. The lowest BCUT2D eigenvalue weighted by Crippen LogP contribution is -2.22. The number of aromatic nitrogens is 2. The molecule has 1 amide bonds. The lowest BCUT2D eigenvalue weighted by Gasteiger charge is -2.14. The van der Waals surface area contributed by atoms with Crippen LogP contribution in [0, 0.1) is 0 Å². The summed E-state index contributed by atoms with van der Waals surface area (Å²) >= 11 is 6.10. The Labute approximate surface area is 161 Å². The zero-order valence-corrected chi connectivity index (χ0v) is 15.7. The van der Waals surface area contributed by atoms with Crippen LogP contribution >= 0.6 is 11.6 Å². The highest BCUT2D eigenvalue weighted by Crippen LogP contribution is 2.29. The van der Waals surface area contributed by atoms with Crippen LogP contribution in [0.15, 0.2) is 54.9 Å². The lowest BCUT2D eigenvalue weighted by molar-refractivity contribution is -0.114. The predicted octanol–water partition coefficient (Wildman–Crippen LogP) is 3.59. The van der Waals surface area contributed by atoms with Gasteiger partial charge in [-0.05, 0) is 36.4 Å². The zero-order chi connectivity index (χ0) is 19.2. The van der Waals surface area contributed by atoms with Crippen molar-refractivity contribution in [3.63, 3.8) is 0 Å². The van der Waals surface area contributed by atoms with E-state index in [1.165, 1.54) is 7.11 Å². The van der Waals surface area contributed by atoms with Gasteiger partial charge in [0.25, 0.3) is 0 Å². The summed E-state index contributed by atoms with van der Waals surface area (Å²) in [5, 5.41) is 10.7. The average Bonchev–Trinajstić information content (AvgIpc) is 3.21. The fourth-order valence-corrected chi connectivity index (χ4v) is 2.71. The molecule has 0 bridgehead atoms.